The standard InChI is InChI=1S/C15H17N3O/c16-13-5-3-4-12(10-13)15(19)7-9-17-11-14-6-1-2-8-18-14/h1-6,8,10,17H,7,9,11,16H2. The van der Waals surface area contributed by atoms with Crippen molar-refractivity contribution in [3.05, 3.63) is 59.9 Å². The van der Waals surface area contributed by atoms with Gasteiger partial charge in [-0.15, -0.1) is 0 Å². The van der Waals surface area contributed by atoms with Crippen LogP contribution < -0.4 is 11.1 Å². The fraction of sp³-hybridized carbons (Fsp3) is 0.200. The molecule has 0 spiro atoms. The molecule has 3 N–H and O–H groups in total. The van der Waals surface area contributed by atoms with Gasteiger partial charge in [-0.1, -0.05) is 18.2 Å². The van der Waals surface area contributed by atoms with E-state index in [-0.39, 0.29) is 5.78 Å². The molecule has 2 aromatic rings. The SMILES string of the molecule is Nc1cccc(C(=O)CCNCc2ccccn2)c1. The van der Waals surface area contributed by atoms with E-state index in [0.29, 0.717) is 30.8 Å². The Morgan fingerprint density at radius 3 is 2.84 bits per heavy atom. The molecule has 1 heterocycles. The van der Waals surface area contributed by atoms with Crippen LogP contribution >= 0.6 is 0 Å². The minimum atomic E-state index is 0.0980. The van der Waals surface area contributed by atoms with Gasteiger partial charge in [0.1, 0.15) is 0 Å². The second-order valence-corrected chi connectivity index (χ2v) is 4.30. The van der Waals surface area contributed by atoms with Gasteiger partial charge in [0.2, 0.25) is 0 Å². The molecule has 4 nitrogen and oxygen atoms in total. The van der Waals surface area contributed by atoms with E-state index in [1.807, 2.05) is 18.2 Å². The lowest BCUT2D eigenvalue weighted by atomic mass is 10.1. The Bertz CT molecular complexity index is 540. The number of Topliss-reactive ketones (excluding diaryl/α,β-unsaturated/α-hetero) is 1. The number of nitrogen functional groups attached to an aromatic ring is 1. The van der Waals surface area contributed by atoms with Crippen LogP contribution in [0.4, 0.5) is 5.69 Å². The molecular weight excluding hydrogens is 238 g/mol. The van der Waals surface area contributed by atoms with Gasteiger partial charge in [-0.3, -0.25) is 9.78 Å². The molecule has 0 fully saturated rings. The molecule has 19 heavy (non-hydrogen) atoms. The molecular formula is C15H17N3O. The van der Waals surface area contributed by atoms with E-state index in [1.165, 1.54) is 0 Å². The number of carbonyl (C=O) groups excluding carboxylic acids is 1. The Morgan fingerprint density at radius 2 is 2.11 bits per heavy atom. The van der Waals surface area contributed by atoms with Crippen LogP contribution in [0.1, 0.15) is 22.5 Å². The van der Waals surface area contributed by atoms with Gasteiger partial charge in [0.15, 0.2) is 5.78 Å². The molecule has 4 heteroatoms. The second kappa shape index (κ2) is 6.66. The zero-order valence-electron chi connectivity index (χ0n) is 10.7. The second-order valence-electron chi connectivity index (χ2n) is 4.30. The molecule has 0 aliphatic rings. The van der Waals surface area contributed by atoms with Crippen molar-refractivity contribution in [2.75, 3.05) is 12.3 Å². The van der Waals surface area contributed by atoms with E-state index < -0.39 is 0 Å². The van der Waals surface area contributed by atoms with Crippen molar-refractivity contribution >= 4 is 11.5 Å². The first-order valence-corrected chi connectivity index (χ1v) is 6.25. The van der Waals surface area contributed by atoms with Crippen LogP contribution in [0.3, 0.4) is 0 Å². The van der Waals surface area contributed by atoms with Gasteiger partial charge in [0.05, 0.1) is 5.69 Å². The smallest absolute Gasteiger partial charge is 0.164 e. The fourth-order valence-electron chi connectivity index (χ4n) is 1.78. The zero-order chi connectivity index (χ0) is 13.5. The predicted molar refractivity (Wildman–Crippen MR) is 75.7 cm³/mol. The van der Waals surface area contributed by atoms with Gasteiger partial charge >= 0.3 is 0 Å². The summed E-state index contributed by atoms with van der Waals surface area (Å²) in [6.45, 7) is 1.30. The number of nitrogens with zero attached hydrogens (tertiary/aromatic N) is 1. The number of ketones is 1. The first kappa shape index (κ1) is 13.2. The molecule has 0 atom stereocenters. The highest BCUT2D eigenvalue weighted by Crippen LogP contribution is 2.08. The lowest BCUT2D eigenvalue weighted by Crippen LogP contribution is -2.18. The van der Waals surface area contributed by atoms with Crippen LogP contribution in [0.15, 0.2) is 48.7 Å². The molecule has 2 rings (SSSR count). The van der Waals surface area contributed by atoms with Crippen molar-refractivity contribution in [2.24, 2.45) is 0 Å². The molecule has 98 valence electrons. The molecule has 0 saturated carbocycles. The van der Waals surface area contributed by atoms with Crippen LogP contribution in [0.2, 0.25) is 0 Å². The Morgan fingerprint density at radius 1 is 1.21 bits per heavy atom. The number of nitrogens with one attached hydrogen (secondary N) is 1. The van der Waals surface area contributed by atoms with E-state index >= 15 is 0 Å². The molecule has 0 bridgehead atoms. The van der Waals surface area contributed by atoms with E-state index in [0.717, 1.165) is 5.69 Å². The average molecular weight is 255 g/mol. The van der Waals surface area contributed by atoms with E-state index in [2.05, 4.69) is 10.3 Å². The summed E-state index contributed by atoms with van der Waals surface area (Å²) in [6.07, 6.45) is 2.21. The van der Waals surface area contributed by atoms with E-state index in [9.17, 15) is 4.79 Å². The monoisotopic (exact) mass is 255 g/mol. The lowest BCUT2D eigenvalue weighted by molar-refractivity contribution is 0.0982. The van der Waals surface area contributed by atoms with Gasteiger partial charge in [0, 0.05) is 37.0 Å². The van der Waals surface area contributed by atoms with Crippen molar-refractivity contribution in [1.29, 1.82) is 0 Å². The van der Waals surface area contributed by atoms with Gasteiger partial charge in [-0.2, -0.15) is 0 Å². The normalized spacial score (nSPS) is 10.3. The Kier molecular flexibility index (Phi) is 4.64. The molecule has 0 aliphatic heterocycles. The summed E-state index contributed by atoms with van der Waals surface area (Å²) in [4.78, 5) is 16.1. The lowest BCUT2D eigenvalue weighted by Gasteiger charge is -2.04. The third-order valence-corrected chi connectivity index (χ3v) is 2.77. The first-order valence-electron chi connectivity index (χ1n) is 6.25. The summed E-state index contributed by atoms with van der Waals surface area (Å²) in [5.74, 6) is 0.0980. The minimum absolute atomic E-state index is 0.0980. The number of anilines is 1. The maximum Gasteiger partial charge on any atom is 0.164 e. The maximum atomic E-state index is 11.9. The topological polar surface area (TPSA) is 68.0 Å². The number of nitrogens with two attached hydrogens (primary N) is 1. The summed E-state index contributed by atoms with van der Waals surface area (Å²) >= 11 is 0. The quantitative estimate of drug-likeness (QED) is 0.471. The predicted octanol–water partition coefficient (Wildman–Crippen LogP) is 2.03. The fourth-order valence-corrected chi connectivity index (χ4v) is 1.78. The molecule has 0 amide bonds. The van der Waals surface area contributed by atoms with Crippen molar-refractivity contribution in [1.82, 2.24) is 10.3 Å². The minimum Gasteiger partial charge on any atom is -0.399 e. The Labute approximate surface area is 112 Å². The molecule has 0 radical (unpaired) electrons. The van der Waals surface area contributed by atoms with Crippen molar-refractivity contribution in [3.63, 3.8) is 0 Å². The third-order valence-electron chi connectivity index (χ3n) is 2.77. The maximum absolute atomic E-state index is 11.9. The van der Waals surface area contributed by atoms with Crippen molar-refractivity contribution < 1.29 is 4.79 Å². The number of hydrogen-bond acceptors (Lipinski definition) is 4. The van der Waals surface area contributed by atoms with E-state index in [4.69, 9.17) is 5.73 Å². The number of aromatic nitrogens is 1. The van der Waals surface area contributed by atoms with Gasteiger partial charge < -0.3 is 11.1 Å². The van der Waals surface area contributed by atoms with Crippen molar-refractivity contribution in [2.45, 2.75) is 13.0 Å². The highest BCUT2D eigenvalue weighted by atomic mass is 16.1. The van der Waals surface area contributed by atoms with Crippen LogP contribution in [-0.4, -0.2) is 17.3 Å². The first-order chi connectivity index (χ1) is 9.25. The summed E-state index contributed by atoms with van der Waals surface area (Å²) < 4.78 is 0. The van der Waals surface area contributed by atoms with Crippen LogP contribution in [-0.2, 0) is 6.54 Å². The van der Waals surface area contributed by atoms with Gasteiger partial charge in [-0.25, -0.2) is 0 Å². The van der Waals surface area contributed by atoms with Crippen LogP contribution in [0, 0.1) is 0 Å². The highest BCUT2D eigenvalue weighted by molar-refractivity contribution is 5.96. The zero-order valence-corrected chi connectivity index (χ0v) is 10.7. The number of rotatable bonds is 6. The molecule has 0 unspecified atom stereocenters. The summed E-state index contributed by atoms with van der Waals surface area (Å²) in [5.41, 5.74) is 7.91. The summed E-state index contributed by atoms with van der Waals surface area (Å²) in [5, 5.41) is 3.20. The highest BCUT2D eigenvalue weighted by Gasteiger charge is 2.05. The summed E-state index contributed by atoms with van der Waals surface area (Å²) in [6, 6.07) is 12.8. The van der Waals surface area contributed by atoms with E-state index in [1.54, 1.807) is 30.5 Å². The number of carbonyl (C=O) groups is 1. The largest absolute Gasteiger partial charge is 0.399 e. The Balaban J connectivity index is 1.75. The molecule has 0 aliphatic carbocycles. The van der Waals surface area contributed by atoms with Crippen LogP contribution in [0.5, 0.6) is 0 Å². The molecule has 1 aromatic carbocycles. The summed E-state index contributed by atoms with van der Waals surface area (Å²) in [7, 11) is 0. The third kappa shape index (κ3) is 4.19. The van der Waals surface area contributed by atoms with Crippen LogP contribution in [0.25, 0.3) is 0 Å². The average Bonchev–Trinajstić information content (AvgIpc) is 2.44. The molecule has 1 aromatic heterocycles. The number of pyridine rings is 1. The number of hydrogen-bond donors (Lipinski definition) is 2. The Hall–Kier alpha value is -2.20. The molecule has 0 saturated heterocycles. The van der Waals surface area contributed by atoms with Gasteiger partial charge in [-0.05, 0) is 24.3 Å². The van der Waals surface area contributed by atoms with Crippen molar-refractivity contribution in [3.8, 4) is 0 Å². The number of benzene rings is 1. The van der Waals surface area contributed by atoms with Gasteiger partial charge in [0.25, 0.3) is 0 Å².